The predicted octanol–water partition coefficient (Wildman–Crippen LogP) is 6.96. The molecule has 0 rings (SSSR count). The fourth-order valence-corrected chi connectivity index (χ4v) is 2.28. The highest BCUT2D eigenvalue weighted by Gasteiger charge is 3.00. The molecule has 0 aromatic heterocycles. The molecule has 0 aliphatic heterocycles. The molecule has 0 bridgehead atoms. The van der Waals surface area contributed by atoms with E-state index in [9.17, 15) is 105 Å². The molecule has 0 aliphatic rings. The fraction of sp³-hybridized carbons (Fsp3) is 0.846. The van der Waals surface area contributed by atoms with E-state index in [1.807, 2.05) is 0 Å². The van der Waals surface area contributed by atoms with Crippen LogP contribution in [0.2, 0.25) is 0 Å². The number of hydrogen-bond donors (Lipinski definition) is 2. The number of ether oxygens (including phenoxy) is 1. The SMILES string of the molecule is OC(F)(C(F)(F)C(F)(F)C(F)(F)F)C(F)(F)C(F)(F)C(O)(F)C(F)(C(F)(F)F)C(F)(OC(F)=C(F)F)C(F)(F)F. The molecule has 0 aliphatic carbocycles. The zero-order valence-electron chi connectivity index (χ0n) is 16.9. The molecule has 0 aromatic rings. The van der Waals surface area contributed by atoms with E-state index in [-0.39, 0.29) is 0 Å². The monoisotopic (exact) mass is 662 g/mol. The quantitative estimate of drug-likeness (QED) is 0.208. The normalized spacial score (nSPS) is 21.1. The van der Waals surface area contributed by atoms with E-state index in [1.165, 1.54) is 4.74 Å². The van der Waals surface area contributed by atoms with Crippen molar-refractivity contribution < 1.29 is 120 Å². The minimum atomic E-state index is -9.47. The Morgan fingerprint density at radius 3 is 0.950 bits per heavy atom. The number of hydrogen-bond acceptors (Lipinski definition) is 3. The van der Waals surface area contributed by atoms with Gasteiger partial charge in [-0.3, -0.25) is 0 Å². The van der Waals surface area contributed by atoms with Crippen molar-refractivity contribution in [2.75, 3.05) is 0 Å². The van der Waals surface area contributed by atoms with Gasteiger partial charge in [-0.15, -0.1) is 0 Å². The second kappa shape index (κ2) is 9.40. The first kappa shape index (κ1) is 37.8. The van der Waals surface area contributed by atoms with Crippen molar-refractivity contribution in [2.24, 2.45) is 0 Å². The van der Waals surface area contributed by atoms with E-state index >= 15 is 0 Å². The van der Waals surface area contributed by atoms with Crippen LogP contribution in [-0.4, -0.2) is 75.7 Å². The molecule has 0 amide bonds. The number of alkyl halides is 21. The Bertz CT molecular complexity index is 966. The van der Waals surface area contributed by atoms with Crippen molar-refractivity contribution in [3.8, 4) is 0 Å². The molecule has 0 fully saturated rings. The molecule has 0 aromatic carbocycles. The van der Waals surface area contributed by atoms with E-state index < -0.39 is 77.5 Å². The Kier molecular flexibility index (Phi) is 8.88. The van der Waals surface area contributed by atoms with Crippen LogP contribution in [-0.2, 0) is 4.74 Å². The third kappa shape index (κ3) is 4.62. The highest BCUT2D eigenvalue weighted by Crippen LogP contribution is 2.66. The van der Waals surface area contributed by atoms with Crippen LogP contribution < -0.4 is 0 Å². The van der Waals surface area contributed by atoms with E-state index in [4.69, 9.17) is 10.2 Å². The van der Waals surface area contributed by atoms with Gasteiger partial charge in [0.15, 0.2) is 0 Å². The summed E-state index contributed by atoms with van der Waals surface area (Å²) in [6.07, 6.45) is -30.1. The van der Waals surface area contributed by atoms with Crippen LogP contribution in [0.1, 0.15) is 0 Å². The molecular weight excluding hydrogens is 660 g/mol. The van der Waals surface area contributed by atoms with Crippen molar-refractivity contribution in [3.63, 3.8) is 0 Å². The molecule has 0 saturated heterocycles. The Morgan fingerprint density at radius 2 is 0.700 bits per heavy atom. The number of aliphatic hydroxyl groups is 2. The summed E-state index contributed by atoms with van der Waals surface area (Å²) in [4.78, 5) is 0. The first-order valence-corrected chi connectivity index (χ1v) is 8.14. The molecule has 0 radical (unpaired) electrons. The van der Waals surface area contributed by atoms with Crippen LogP contribution in [0.3, 0.4) is 0 Å². The zero-order valence-corrected chi connectivity index (χ0v) is 16.9. The molecule has 4 atom stereocenters. The van der Waals surface area contributed by atoms with Crippen LogP contribution >= 0.6 is 0 Å². The Morgan fingerprint density at radius 1 is 0.400 bits per heavy atom. The standard InChI is InChI=1S/C13H2F24O3/c14-1(15)2(16)40-10(28,13(35,36)37)3(17,11(29,30)31)8(26,38)4(18,19)5(20,21)9(27,39)6(22,23)7(24,25)12(32,33)34/h38-39H. The zero-order chi connectivity index (χ0) is 33.4. The van der Waals surface area contributed by atoms with Crippen LogP contribution in [0.25, 0.3) is 0 Å². The van der Waals surface area contributed by atoms with Crippen molar-refractivity contribution in [1.29, 1.82) is 0 Å². The third-order valence-electron chi connectivity index (χ3n) is 4.43. The van der Waals surface area contributed by atoms with E-state index in [0.29, 0.717) is 0 Å². The highest BCUT2D eigenvalue weighted by atomic mass is 19.4. The maximum atomic E-state index is 14.4. The summed E-state index contributed by atoms with van der Waals surface area (Å²) in [5, 5.41) is 16.7. The lowest BCUT2D eigenvalue weighted by Gasteiger charge is -2.49. The Hall–Kier alpha value is -2.22. The van der Waals surface area contributed by atoms with Crippen LogP contribution in [0, 0.1) is 0 Å². The topological polar surface area (TPSA) is 49.7 Å². The molecule has 2 N–H and O–H groups in total. The molecule has 3 nitrogen and oxygen atoms in total. The average Bonchev–Trinajstić information content (AvgIpc) is 2.69. The summed E-state index contributed by atoms with van der Waals surface area (Å²) in [6, 6.07) is -4.80. The number of halogens is 24. The van der Waals surface area contributed by atoms with Gasteiger partial charge in [-0.1, -0.05) is 0 Å². The second-order valence-electron chi connectivity index (χ2n) is 6.92. The molecule has 40 heavy (non-hydrogen) atoms. The minimum Gasteiger partial charge on any atom is -0.418 e. The van der Waals surface area contributed by atoms with Gasteiger partial charge in [0.1, 0.15) is 0 Å². The molecule has 240 valence electrons. The first-order valence-electron chi connectivity index (χ1n) is 8.14. The van der Waals surface area contributed by atoms with Crippen LogP contribution in [0.5, 0.6) is 0 Å². The lowest BCUT2D eigenvalue weighted by Crippen LogP contribution is -2.83. The van der Waals surface area contributed by atoms with Gasteiger partial charge in [0, 0.05) is 0 Å². The average molecular weight is 662 g/mol. The van der Waals surface area contributed by atoms with E-state index in [2.05, 4.69) is 0 Å². The van der Waals surface area contributed by atoms with Crippen molar-refractivity contribution in [2.45, 2.75) is 65.5 Å². The van der Waals surface area contributed by atoms with Gasteiger partial charge < -0.3 is 14.9 Å². The van der Waals surface area contributed by atoms with Gasteiger partial charge in [-0.2, -0.15) is 96.6 Å². The fourth-order valence-electron chi connectivity index (χ4n) is 2.28. The van der Waals surface area contributed by atoms with Gasteiger partial charge in [-0.25, -0.2) is 8.78 Å². The third-order valence-corrected chi connectivity index (χ3v) is 4.43. The second-order valence-corrected chi connectivity index (χ2v) is 6.92. The molecular formula is C13H2F24O3. The van der Waals surface area contributed by atoms with Crippen LogP contribution in [0.15, 0.2) is 12.1 Å². The predicted molar refractivity (Wildman–Crippen MR) is 69.2 cm³/mol. The van der Waals surface area contributed by atoms with Gasteiger partial charge in [0.25, 0.3) is 0 Å². The summed E-state index contributed by atoms with van der Waals surface area (Å²) in [5.41, 5.74) is -9.36. The van der Waals surface area contributed by atoms with Crippen LogP contribution in [0.4, 0.5) is 105 Å². The molecule has 0 saturated carbocycles. The number of rotatable bonds is 9. The summed E-state index contributed by atoms with van der Waals surface area (Å²) in [5.74, 6) is -63.2. The largest absolute Gasteiger partial charge is 0.464 e. The van der Waals surface area contributed by atoms with Gasteiger partial charge in [0.05, 0.1) is 0 Å². The summed E-state index contributed by atoms with van der Waals surface area (Å²) >= 11 is 0. The van der Waals surface area contributed by atoms with Crippen molar-refractivity contribution in [1.82, 2.24) is 0 Å². The smallest absolute Gasteiger partial charge is 0.418 e. The molecule has 0 heterocycles. The Labute approximate surface area is 199 Å². The first-order chi connectivity index (χ1) is 16.8. The maximum absolute atomic E-state index is 14.4. The van der Waals surface area contributed by atoms with E-state index in [0.717, 1.165) is 0 Å². The van der Waals surface area contributed by atoms with Gasteiger partial charge in [-0.05, 0) is 0 Å². The maximum Gasteiger partial charge on any atom is 0.464 e. The van der Waals surface area contributed by atoms with Gasteiger partial charge in [0.2, 0.25) is 0 Å². The molecule has 4 unspecified atom stereocenters. The minimum absolute atomic E-state index is 1.43. The van der Waals surface area contributed by atoms with E-state index in [1.54, 1.807) is 0 Å². The lowest BCUT2D eigenvalue weighted by atomic mass is 9.78. The summed E-state index contributed by atoms with van der Waals surface area (Å²) in [6.45, 7) is 0. The van der Waals surface area contributed by atoms with Crippen molar-refractivity contribution in [3.05, 3.63) is 12.1 Å². The highest BCUT2D eigenvalue weighted by molar-refractivity contribution is 5.22. The van der Waals surface area contributed by atoms with Crippen molar-refractivity contribution >= 4 is 0 Å². The summed E-state index contributed by atoms with van der Waals surface area (Å²) in [7, 11) is 0. The molecule has 27 heteroatoms. The van der Waals surface area contributed by atoms with Gasteiger partial charge >= 0.3 is 77.5 Å². The summed E-state index contributed by atoms with van der Waals surface area (Å²) < 4.78 is 315. The Balaban J connectivity index is 7.88. The lowest BCUT2D eigenvalue weighted by molar-refractivity contribution is -0.513. The molecule has 0 spiro atoms.